The molecule has 2 aliphatic heterocycles. The Kier molecular flexibility index (Phi) is 6.80. The summed E-state index contributed by atoms with van der Waals surface area (Å²) in [6.07, 6.45) is 15.7. The second-order valence-electron chi connectivity index (χ2n) is 14.7. The number of benzene rings is 2. The van der Waals surface area contributed by atoms with Crippen LogP contribution in [0.15, 0.2) is 53.8 Å². The van der Waals surface area contributed by atoms with E-state index in [-0.39, 0.29) is 12.1 Å². The summed E-state index contributed by atoms with van der Waals surface area (Å²) in [5.41, 5.74) is 11.4. The van der Waals surface area contributed by atoms with Crippen molar-refractivity contribution in [1.82, 2.24) is 14.9 Å². The zero-order valence-electron chi connectivity index (χ0n) is 26.4. The van der Waals surface area contributed by atoms with Gasteiger partial charge in [0.15, 0.2) is 0 Å². The van der Waals surface area contributed by atoms with Gasteiger partial charge in [0.2, 0.25) is 0 Å². The number of likely N-dealkylation sites (tertiary alicyclic amines) is 1. The van der Waals surface area contributed by atoms with Crippen LogP contribution in [0.25, 0.3) is 28.0 Å². The lowest BCUT2D eigenvalue weighted by atomic mass is 9.82. The SMILES string of the molecule is CC(C)(C)OC(=O)N1CCC[C@H]1C1=NC=C(c2ccc(-c3ccc(-c4cnc(C5CCCC5)[nH]4)c4c3C3CCC4C3)cc2)C1. The van der Waals surface area contributed by atoms with Gasteiger partial charge in [0, 0.05) is 36.4 Å². The van der Waals surface area contributed by atoms with Crippen LogP contribution < -0.4 is 0 Å². The lowest BCUT2D eigenvalue weighted by molar-refractivity contribution is 0.0265. The maximum absolute atomic E-state index is 12.9. The molecule has 3 heterocycles. The number of nitrogens with zero attached hydrogens (tertiary/aromatic N) is 3. The van der Waals surface area contributed by atoms with Gasteiger partial charge in [0.05, 0.1) is 17.9 Å². The highest BCUT2D eigenvalue weighted by atomic mass is 16.6. The van der Waals surface area contributed by atoms with Crippen LogP contribution in [0.4, 0.5) is 4.79 Å². The van der Waals surface area contributed by atoms with Gasteiger partial charge < -0.3 is 9.72 Å². The number of rotatable bonds is 5. The monoisotopic (exact) mass is 588 g/mol. The molecule has 6 heteroatoms. The average Bonchev–Trinajstić information content (AvgIpc) is 3.86. The van der Waals surface area contributed by atoms with Crippen LogP contribution in [0.1, 0.15) is 125 Å². The number of fused-ring (bicyclic) bond motifs is 5. The van der Waals surface area contributed by atoms with E-state index in [4.69, 9.17) is 14.7 Å². The molecule has 0 spiro atoms. The number of amides is 1. The molecule has 228 valence electrons. The Labute approximate surface area is 261 Å². The first kappa shape index (κ1) is 27.8. The maximum Gasteiger partial charge on any atom is 0.410 e. The summed E-state index contributed by atoms with van der Waals surface area (Å²) >= 11 is 0. The summed E-state index contributed by atoms with van der Waals surface area (Å²) in [7, 11) is 0. The van der Waals surface area contributed by atoms with E-state index in [2.05, 4.69) is 47.6 Å². The molecule has 1 saturated heterocycles. The van der Waals surface area contributed by atoms with E-state index >= 15 is 0 Å². The van der Waals surface area contributed by atoms with Gasteiger partial charge in [-0.2, -0.15) is 0 Å². The fourth-order valence-corrected chi connectivity index (χ4v) is 8.73. The Morgan fingerprint density at radius 1 is 0.864 bits per heavy atom. The highest BCUT2D eigenvalue weighted by molar-refractivity contribution is 6.03. The molecule has 2 saturated carbocycles. The Hall–Kier alpha value is -3.67. The molecule has 2 bridgehead atoms. The molecule has 3 fully saturated rings. The summed E-state index contributed by atoms with van der Waals surface area (Å²) < 4.78 is 5.69. The van der Waals surface area contributed by atoms with Gasteiger partial charge in [-0.1, -0.05) is 49.2 Å². The van der Waals surface area contributed by atoms with Crippen molar-refractivity contribution in [2.45, 2.75) is 114 Å². The second-order valence-corrected chi connectivity index (χ2v) is 14.7. The third-order valence-corrected chi connectivity index (χ3v) is 10.8. The number of aromatic nitrogens is 2. The van der Waals surface area contributed by atoms with Crippen molar-refractivity contribution >= 4 is 17.4 Å². The van der Waals surface area contributed by atoms with Crippen molar-refractivity contribution in [2.75, 3.05) is 6.54 Å². The first-order valence-electron chi connectivity index (χ1n) is 16.9. The van der Waals surface area contributed by atoms with Crippen LogP contribution in [0.2, 0.25) is 0 Å². The molecule has 2 unspecified atom stereocenters. The summed E-state index contributed by atoms with van der Waals surface area (Å²) in [5, 5.41) is 0. The summed E-state index contributed by atoms with van der Waals surface area (Å²) in [4.78, 5) is 28.2. The van der Waals surface area contributed by atoms with E-state index in [1.54, 1.807) is 11.1 Å². The lowest BCUT2D eigenvalue weighted by Crippen LogP contribution is -2.43. The van der Waals surface area contributed by atoms with E-state index in [1.165, 1.54) is 84.3 Å². The van der Waals surface area contributed by atoms with Crippen molar-refractivity contribution in [1.29, 1.82) is 0 Å². The van der Waals surface area contributed by atoms with E-state index in [0.29, 0.717) is 17.8 Å². The molecule has 3 aromatic rings. The Morgan fingerprint density at radius 3 is 2.32 bits per heavy atom. The molecule has 2 aromatic carbocycles. The van der Waals surface area contributed by atoms with Gasteiger partial charge in [-0.25, -0.2) is 9.78 Å². The molecule has 0 radical (unpaired) electrons. The minimum atomic E-state index is -0.496. The highest BCUT2D eigenvalue weighted by Gasteiger charge is 2.41. The van der Waals surface area contributed by atoms with E-state index < -0.39 is 5.60 Å². The van der Waals surface area contributed by atoms with Crippen molar-refractivity contribution in [3.63, 3.8) is 0 Å². The van der Waals surface area contributed by atoms with Gasteiger partial charge in [0.25, 0.3) is 0 Å². The third-order valence-electron chi connectivity index (χ3n) is 10.8. The van der Waals surface area contributed by atoms with Gasteiger partial charge in [-0.15, -0.1) is 0 Å². The number of hydrogen-bond acceptors (Lipinski definition) is 4. The average molecular weight is 589 g/mol. The summed E-state index contributed by atoms with van der Waals surface area (Å²) in [6.45, 7) is 6.50. The fourth-order valence-electron chi connectivity index (χ4n) is 8.73. The van der Waals surface area contributed by atoms with Crippen LogP contribution in [-0.4, -0.2) is 44.9 Å². The van der Waals surface area contributed by atoms with Crippen molar-refractivity contribution < 1.29 is 9.53 Å². The number of carbonyl (C=O) groups is 1. The molecule has 44 heavy (non-hydrogen) atoms. The minimum Gasteiger partial charge on any atom is -0.444 e. The largest absolute Gasteiger partial charge is 0.444 e. The van der Waals surface area contributed by atoms with Crippen LogP contribution in [0.3, 0.4) is 0 Å². The Balaban J connectivity index is 1.01. The zero-order chi connectivity index (χ0) is 30.0. The van der Waals surface area contributed by atoms with Gasteiger partial charge in [-0.05, 0) is 111 Å². The van der Waals surface area contributed by atoms with Crippen molar-refractivity contribution in [2.24, 2.45) is 4.99 Å². The second kappa shape index (κ2) is 10.7. The number of hydrogen-bond donors (Lipinski definition) is 1. The predicted molar refractivity (Wildman–Crippen MR) is 176 cm³/mol. The normalized spacial score (nSPS) is 24.6. The number of allylic oxidation sites excluding steroid dienone is 1. The smallest absolute Gasteiger partial charge is 0.410 e. The van der Waals surface area contributed by atoms with Crippen molar-refractivity contribution in [3.8, 4) is 22.4 Å². The van der Waals surface area contributed by atoms with Crippen molar-refractivity contribution in [3.05, 3.63) is 71.3 Å². The van der Waals surface area contributed by atoms with E-state index in [1.807, 2.05) is 31.9 Å². The molecule has 1 N–H and O–H groups in total. The summed E-state index contributed by atoms with van der Waals surface area (Å²) in [6, 6.07) is 13.9. The van der Waals surface area contributed by atoms with E-state index in [0.717, 1.165) is 31.5 Å². The topological polar surface area (TPSA) is 70.6 Å². The number of nitrogens with one attached hydrogen (secondary N) is 1. The molecule has 5 aliphatic rings. The molecule has 8 rings (SSSR count). The van der Waals surface area contributed by atoms with Crippen LogP contribution in [-0.2, 0) is 4.74 Å². The first-order chi connectivity index (χ1) is 21.3. The molecular formula is C38H44N4O2. The predicted octanol–water partition coefficient (Wildman–Crippen LogP) is 9.35. The molecule has 6 nitrogen and oxygen atoms in total. The zero-order valence-corrected chi connectivity index (χ0v) is 26.4. The number of carbonyl (C=O) groups excluding carboxylic acids is 1. The van der Waals surface area contributed by atoms with E-state index in [9.17, 15) is 4.79 Å². The summed E-state index contributed by atoms with van der Waals surface area (Å²) in [5.74, 6) is 3.12. The van der Waals surface area contributed by atoms with Crippen LogP contribution >= 0.6 is 0 Å². The third kappa shape index (κ3) is 4.91. The minimum absolute atomic E-state index is 0.0264. The molecule has 3 aliphatic carbocycles. The number of H-pyrrole nitrogens is 1. The van der Waals surface area contributed by atoms with Gasteiger partial charge in [0.1, 0.15) is 11.4 Å². The highest BCUT2D eigenvalue weighted by Crippen LogP contribution is 2.58. The number of aromatic amines is 1. The van der Waals surface area contributed by atoms with Gasteiger partial charge >= 0.3 is 6.09 Å². The number of imidazole rings is 1. The van der Waals surface area contributed by atoms with Gasteiger partial charge in [-0.3, -0.25) is 9.89 Å². The molecule has 3 atom stereocenters. The van der Waals surface area contributed by atoms with Crippen LogP contribution in [0, 0.1) is 0 Å². The maximum atomic E-state index is 12.9. The quantitative estimate of drug-likeness (QED) is 0.323. The molecule has 1 aromatic heterocycles. The standard InChI is InChI=1S/C38H44N4O2/c1-38(2,3)44-37(43)42-18-6-9-33(42)31-20-28(21-39-31)23-10-12-24(13-11-23)29-16-17-30(35-27-15-14-26(19-27)34(29)35)32-22-40-36(41-32)25-7-4-5-8-25/h10-13,16-17,21-22,25-27,33H,4-9,14-15,18-20H2,1-3H3,(H,40,41)/t26?,27?,33-/m0/s1. The fraction of sp³-hybridized carbons (Fsp3) is 0.500. The number of aliphatic imine (C=N–C) groups is 1. The van der Waals surface area contributed by atoms with Crippen LogP contribution in [0.5, 0.6) is 0 Å². The molecule has 1 amide bonds. The first-order valence-corrected chi connectivity index (χ1v) is 16.9. The Morgan fingerprint density at radius 2 is 1.57 bits per heavy atom. The Bertz CT molecular complexity index is 1650. The lowest BCUT2D eigenvalue weighted by Gasteiger charge is -2.28. The number of ether oxygens (including phenoxy) is 1. The molecular weight excluding hydrogens is 544 g/mol.